The van der Waals surface area contributed by atoms with Gasteiger partial charge >= 0.3 is 6.36 Å². The van der Waals surface area contributed by atoms with Gasteiger partial charge in [-0.3, -0.25) is 0 Å². The number of para-hydroxylation sites is 1. The van der Waals surface area contributed by atoms with Crippen molar-refractivity contribution in [2.75, 3.05) is 10.6 Å². The van der Waals surface area contributed by atoms with Crippen molar-refractivity contribution in [1.82, 2.24) is 0 Å². The molecule has 0 aliphatic rings. The van der Waals surface area contributed by atoms with E-state index < -0.39 is 6.36 Å². The van der Waals surface area contributed by atoms with Gasteiger partial charge in [-0.25, -0.2) is 0 Å². The number of alkyl halides is 3. The molecule has 122 valence electrons. The maximum atomic E-state index is 12.2. The van der Waals surface area contributed by atoms with Crippen LogP contribution in [0.2, 0.25) is 0 Å². The molecule has 0 aliphatic heterocycles. The highest BCUT2D eigenvalue weighted by Gasteiger charge is 2.31. The first kappa shape index (κ1) is 17.1. The van der Waals surface area contributed by atoms with E-state index in [1.54, 1.807) is 6.07 Å². The lowest BCUT2D eigenvalue weighted by atomic mass is 10.1. The van der Waals surface area contributed by atoms with Crippen LogP contribution in [0.1, 0.15) is 12.5 Å². The van der Waals surface area contributed by atoms with Crippen molar-refractivity contribution in [3.8, 4) is 5.75 Å². The number of anilines is 2. The molecule has 0 atom stereocenters. The van der Waals surface area contributed by atoms with E-state index in [1.165, 1.54) is 18.2 Å². The third kappa shape index (κ3) is 5.45. The highest BCUT2D eigenvalue weighted by atomic mass is 32.1. The maximum Gasteiger partial charge on any atom is 0.573 e. The van der Waals surface area contributed by atoms with Crippen LogP contribution in [-0.2, 0) is 6.42 Å². The van der Waals surface area contributed by atoms with Crippen molar-refractivity contribution in [3.05, 3.63) is 54.1 Å². The topological polar surface area (TPSA) is 33.3 Å². The summed E-state index contributed by atoms with van der Waals surface area (Å²) in [6.45, 7) is 2.02. The molecule has 0 heterocycles. The second-order valence-corrected chi connectivity index (χ2v) is 5.07. The molecular weight excluding hydrogens is 325 g/mol. The molecule has 3 nitrogen and oxygen atoms in total. The zero-order valence-corrected chi connectivity index (χ0v) is 13.1. The molecule has 0 aliphatic carbocycles. The molecule has 0 fully saturated rings. The molecule has 23 heavy (non-hydrogen) atoms. The standard InChI is InChI=1S/C16H15F3N2OS/c1-2-11-6-3-4-9-14(11)21-15(23)20-12-7-5-8-13(10-12)22-16(17,18)19/h3-10H,2H2,1H3,(H2,20,21,23). The second-order valence-electron chi connectivity index (χ2n) is 4.67. The van der Waals surface area contributed by atoms with Gasteiger partial charge in [-0.15, -0.1) is 13.2 Å². The van der Waals surface area contributed by atoms with E-state index in [0.717, 1.165) is 17.7 Å². The quantitative estimate of drug-likeness (QED) is 0.771. The monoisotopic (exact) mass is 340 g/mol. The fourth-order valence-corrected chi connectivity index (χ4v) is 2.23. The van der Waals surface area contributed by atoms with E-state index in [0.29, 0.717) is 5.69 Å². The summed E-state index contributed by atoms with van der Waals surface area (Å²) in [6.07, 6.45) is -3.89. The third-order valence-corrected chi connectivity index (χ3v) is 3.18. The first-order valence-electron chi connectivity index (χ1n) is 6.89. The summed E-state index contributed by atoms with van der Waals surface area (Å²) in [5.74, 6) is -0.306. The van der Waals surface area contributed by atoms with Crippen LogP contribution in [0, 0.1) is 0 Å². The average Bonchev–Trinajstić information content (AvgIpc) is 2.46. The Kier molecular flexibility index (Phi) is 5.44. The Hall–Kier alpha value is -2.28. The number of hydrogen-bond acceptors (Lipinski definition) is 2. The summed E-state index contributed by atoms with van der Waals surface area (Å²) >= 11 is 5.19. The summed E-state index contributed by atoms with van der Waals surface area (Å²) in [7, 11) is 0. The lowest BCUT2D eigenvalue weighted by Gasteiger charge is -2.14. The van der Waals surface area contributed by atoms with Crippen molar-refractivity contribution in [1.29, 1.82) is 0 Å². The van der Waals surface area contributed by atoms with Crippen LogP contribution in [0.25, 0.3) is 0 Å². The van der Waals surface area contributed by atoms with Gasteiger partial charge in [-0.05, 0) is 42.4 Å². The average molecular weight is 340 g/mol. The van der Waals surface area contributed by atoms with Crippen LogP contribution in [0.5, 0.6) is 5.75 Å². The van der Waals surface area contributed by atoms with Crippen LogP contribution in [0.15, 0.2) is 48.5 Å². The Morgan fingerprint density at radius 2 is 1.83 bits per heavy atom. The van der Waals surface area contributed by atoms with Crippen LogP contribution < -0.4 is 15.4 Å². The van der Waals surface area contributed by atoms with Crippen LogP contribution in [-0.4, -0.2) is 11.5 Å². The van der Waals surface area contributed by atoms with Gasteiger partial charge in [0.05, 0.1) is 0 Å². The molecule has 2 aromatic carbocycles. The van der Waals surface area contributed by atoms with Crippen LogP contribution in [0.3, 0.4) is 0 Å². The smallest absolute Gasteiger partial charge is 0.406 e. The van der Waals surface area contributed by atoms with Gasteiger partial charge in [0.15, 0.2) is 5.11 Å². The first-order valence-corrected chi connectivity index (χ1v) is 7.30. The van der Waals surface area contributed by atoms with Gasteiger partial charge in [0.25, 0.3) is 0 Å². The molecule has 0 spiro atoms. The molecule has 0 aromatic heterocycles. The summed E-state index contributed by atoms with van der Waals surface area (Å²) in [5.41, 5.74) is 2.35. The number of ether oxygens (including phenoxy) is 1. The van der Waals surface area contributed by atoms with Crippen molar-refractivity contribution in [2.45, 2.75) is 19.7 Å². The molecular formula is C16H15F3N2OS. The van der Waals surface area contributed by atoms with Crippen molar-refractivity contribution in [2.24, 2.45) is 0 Å². The predicted octanol–water partition coefficient (Wildman–Crippen LogP) is 4.96. The van der Waals surface area contributed by atoms with E-state index in [4.69, 9.17) is 12.2 Å². The zero-order chi connectivity index (χ0) is 16.9. The SMILES string of the molecule is CCc1ccccc1NC(=S)Nc1cccc(OC(F)(F)F)c1. The summed E-state index contributed by atoms with van der Waals surface area (Å²) in [6, 6.07) is 13.2. The molecule has 0 unspecified atom stereocenters. The number of rotatable bonds is 4. The van der Waals surface area contributed by atoms with Crippen molar-refractivity contribution >= 4 is 28.7 Å². The van der Waals surface area contributed by atoms with Gasteiger partial charge in [0.1, 0.15) is 5.75 Å². The lowest BCUT2D eigenvalue weighted by Crippen LogP contribution is -2.20. The Bertz CT molecular complexity index is 689. The Labute approximate surface area is 137 Å². The highest BCUT2D eigenvalue weighted by Crippen LogP contribution is 2.25. The Morgan fingerprint density at radius 3 is 2.52 bits per heavy atom. The lowest BCUT2D eigenvalue weighted by molar-refractivity contribution is -0.274. The minimum Gasteiger partial charge on any atom is -0.406 e. The van der Waals surface area contributed by atoms with E-state index in [-0.39, 0.29) is 10.9 Å². The number of benzene rings is 2. The number of halogens is 3. The molecule has 2 aromatic rings. The number of hydrogen-bond donors (Lipinski definition) is 2. The number of aryl methyl sites for hydroxylation is 1. The fraction of sp³-hybridized carbons (Fsp3) is 0.188. The van der Waals surface area contributed by atoms with Crippen LogP contribution in [0.4, 0.5) is 24.5 Å². The van der Waals surface area contributed by atoms with Gasteiger partial charge < -0.3 is 15.4 Å². The maximum absolute atomic E-state index is 12.2. The molecule has 0 saturated carbocycles. The minimum atomic E-state index is -4.72. The van der Waals surface area contributed by atoms with Crippen molar-refractivity contribution < 1.29 is 17.9 Å². The van der Waals surface area contributed by atoms with Crippen molar-refractivity contribution in [3.63, 3.8) is 0 Å². The summed E-state index contributed by atoms with van der Waals surface area (Å²) < 4.78 is 40.6. The minimum absolute atomic E-state index is 0.287. The van der Waals surface area contributed by atoms with Gasteiger partial charge in [-0.1, -0.05) is 31.2 Å². The fourth-order valence-electron chi connectivity index (χ4n) is 2.01. The van der Waals surface area contributed by atoms with E-state index >= 15 is 0 Å². The van der Waals surface area contributed by atoms with Gasteiger partial charge in [0, 0.05) is 17.4 Å². The summed E-state index contributed by atoms with van der Waals surface area (Å²) in [4.78, 5) is 0. The second kappa shape index (κ2) is 7.32. The van der Waals surface area contributed by atoms with Gasteiger partial charge in [0.2, 0.25) is 0 Å². The normalized spacial score (nSPS) is 11.0. The molecule has 0 bridgehead atoms. The Balaban J connectivity index is 2.04. The van der Waals surface area contributed by atoms with E-state index in [9.17, 15) is 13.2 Å². The first-order chi connectivity index (χ1) is 10.9. The molecule has 0 amide bonds. The molecule has 2 N–H and O–H groups in total. The predicted molar refractivity (Wildman–Crippen MR) is 88.8 cm³/mol. The molecule has 2 rings (SSSR count). The zero-order valence-electron chi connectivity index (χ0n) is 12.3. The van der Waals surface area contributed by atoms with E-state index in [1.807, 2.05) is 31.2 Å². The third-order valence-electron chi connectivity index (χ3n) is 2.97. The number of nitrogens with one attached hydrogen (secondary N) is 2. The Morgan fingerprint density at radius 1 is 1.09 bits per heavy atom. The van der Waals surface area contributed by atoms with E-state index in [2.05, 4.69) is 15.4 Å². The van der Waals surface area contributed by atoms with Crippen LogP contribution >= 0.6 is 12.2 Å². The molecule has 0 radical (unpaired) electrons. The molecule has 7 heteroatoms. The number of thiocarbonyl (C=S) groups is 1. The van der Waals surface area contributed by atoms with Gasteiger partial charge in [-0.2, -0.15) is 0 Å². The molecule has 0 saturated heterocycles. The highest BCUT2D eigenvalue weighted by molar-refractivity contribution is 7.80. The largest absolute Gasteiger partial charge is 0.573 e. The summed E-state index contributed by atoms with van der Waals surface area (Å²) in [5, 5.41) is 6.16.